The number of anilines is 1. The van der Waals surface area contributed by atoms with Gasteiger partial charge in [0.1, 0.15) is 5.75 Å². The van der Waals surface area contributed by atoms with Crippen molar-refractivity contribution in [1.82, 2.24) is 4.98 Å². The van der Waals surface area contributed by atoms with E-state index in [9.17, 15) is 18.0 Å². The first-order valence-electron chi connectivity index (χ1n) is 7.39. The van der Waals surface area contributed by atoms with E-state index in [4.69, 9.17) is 4.74 Å². The number of hydrogen-bond donors (Lipinski definition) is 1. The van der Waals surface area contributed by atoms with Gasteiger partial charge in [0.25, 0.3) is 5.91 Å². The van der Waals surface area contributed by atoms with Gasteiger partial charge in [0.2, 0.25) is 0 Å². The highest BCUT2D eigenvalue weighted by molar-refractivity contribution is 7.22. The molecule has 3 aromatic rings. The van der Waals surface area contributed by atoms with E-state index in [0.29, 0.717) is 22.6 Å². The van der Waals surface area contributed by atoms with Crippen molar-refractivity contribution in [2.75, 3.05) is 11.9 Å². The Bertz CT molecular complexity index is 904. The zero-order valence-corrected chi connectivity index (χ0v) is 13.9. The van der Waals surface area contributed by atoms with Gasteiger partial charge in [0.05, 0.1) is 22.4 Å². The lowest BCUT2D eigenvalue weighted by atomic mass is 10.2. The number of benzene rings is 2. The summed E-state index contributed by atoms with van der Waals surface area (Å²) in [7, 11) is 0. The molecule has 0 bridgehead atoms. The Morgan fingerprint density at radius 1 is 1.20 bits per heavy atom. The largest absolute Gasteiger partial charge is 0.494 e. The highest BCUT2D eigenvalue weighted by atomic mass is 32.1. The number of aromatic nitrogens is 1. The van der Waals surface area contributed by atoms with E-state index in [1.807, 2.05) is 6.92 Å². The van der Waals surface area contributed by atoms with Gasteiger partial charge in [0.15, 0.2) is 5.13 Å². The number of nitrogens with one attached hydrogen (secondary N) is 1. The second-order valence-corrected chi connectivity index (χ2v) is 6.11. The minimum atomic E-state index is -4.50. The molecule has 0 radical (unpaired) electrons. The number of carbonyl (C=O) groups is 1. The number of fused-ring (bicyclic) bond motifs is 1. The van der Waals surface area contributed by atoms with Crippen LogP contribution >= 0.6 is 11.3 Å². The smallest absolute Gasteiger partial charge is 0.418 e. The second kappa shape index (κ2) is 6.72. The average molecular weight is 366 g/mol. The standard InChI is InChI=1S/C17H13F3N2O2S/c1-2-24-11-8-6-10(7-9-11)15(23)22-16-21-14-12(17(18,19)20)4-3-5-13(14)25-16/h3-9H,2H2,1H3,(H,21,22,23). The fourth-order valence-electron chi connectivity index (χ4n) is 2.27. The molecule has 2 aromatic carbocycles. The van der Waals surface area contributed by atoms with Crippen LogP contribution in [0.4, 0.5) is 18.3 Å². The van der Waals surface area contributed by atoms with Crippen LogP contribution in [-0.4, -0.2) is 17.5 Å². The fraction of sp³-hybridized carbons (Fsp3) is 0.176. The van der Waals surface area contributed by atoms with Crippen LogP contribution in [0.15, 0.2) is 42.5 Å². The Kier molecular flexibility index (Phi) is 4.63. The molecule has 3 rings (SSSR count). The Balaban J connectivity index is 1.84. The summed E-state index contributed by atoms with van der Waals surface area (Å²) in [5.74, 6) is 0.185. The number of para-hydroxylation sites is 1. The number of nitrogens with zero attached hydrogens (tertiary/aromatic N) is 1. The molecule has 0 atom stereocenters. The summed E-state index contributed by atoms with van der Waals surface area (Å²) in [6, 6.07) is 10.3. The van der Waals surface area contributed by atoms with Gasteiger partial charge in [-0.25, -0.2) is 4.98 Å². The van der Waals surface area contributed by atoms with Crippen LogP contribution in [0.1, 0.15) is 22.8 Å². The predicted octanol–water partition coefficient (Wildman–Crippen LogP) is 4.97. The van der Waals surface area contributed by atoms with Crippen molar-refractivity contribution in [2.24, 2.45) is 0 Å². The molecule has 1 N–H and O–H groups in total. The normalized spacial score (nSPS) is 11.5. The van der Waals surface area contributed by atoms with Gasteiger partial charge < -0.3 is 4.74 Å². The van der Waals surface area contributed by atoms with Gasteiger partial charge in [-0.2, -0.15) is 13.2 Å². The average Bonchev–Trinajstić information content (AvgIpc) is 2.96. The van der Waals surface area contributed by atoms with Crippen LogP contribution in [0.2, 0.25) is 0 Å². The number of ether oxygens (including phenoxy) is 1. The maximum absolute atomic E-state index is 13.0. The summed E-state index contributed by atoms with van der Waals surface area (Å²) in [4.78, 5) is 16.2. The molecular formula is C17H13F3N2O2S. The summed E-state index contributed by atoms with van der Waals surface area (Å²) in [5, 5.41) is 2.65. The van der Waals surface area contributed by atoms with E-state index in [2.05, 4.69) is 10.3 Å². The first-order chi connectivity index (χ1) is 11.9. The van der Waals surface area contributed by atoms with Gasteiger partial charge in [-0.15, -0.1) is 0 Å². The molecule has 0 aliphatic rings. The van der Waals surface area contributed by atoms with Crippen LogP contribution in [-0.2, 0) is 6.18 Å². The van der Waals surface area contributed by atoms with Crippen molar-refractivity contribution in [3.63, 3.8) is 0 Å². The number of halogens is 3. The fourth-order valence-corrected chi connectivity index (χ4v) is 3.16. The van der Waals surface area contributed by atoms with E-state index in [1.165, 1.54) is 12.1 Å². The van der Waals surface area contributed by atoms with Gasteiger partial charge in [-0.05, 0) is 43.3 Å². The second-order valence-electron chi connectivity index (χ2n) is 5.08. The number of alkyl halides is 3. The van der Waals surface area contributed by atoms with Crippen molar-refractivity contribution in [3.05, 3.63) is 53.6 Å². The number of carbonyl (C=O) groups excluding carboxylic acids is 1. The summed E-state index contributed by atoms with van der Waals surface area (Å²) in [5.41, 5.74) is -0.622. The van der Waals surface area contributed by atoms with Crippen molar-refractivity contribution in [2.45, 2.75) is 13.1 Å². The van der Waals surface area contributed by atoms with Gasteiger partial charge in [0, 0.05) is 5.56 Å². The van der Waals surface area contributed by atoms with E-state index >= 15 is 0 Å². The zero-order valence-electron chi connectivity index (χ0n) is 13.1. The number of thiazole rings is 1. The summed E-state index contributed by atoms with van der Waals surface area (Å²) < 4.78 is 44.7. The van der Waals surface area contributed by atoms with E-state index in [-0.39, 0.29) is 10.6 Å². The SMILES string of the molecule is CCOc1ccc(C(=O)Nc2nc3c(C(F)(F)F)cccc3s2)cc1. The maximum atomic E-state index is 13.0. The molecule has 8 heteroatoms. The van der Waals surface area contributed by atoms with E-state index < -0.39 is 17.6 Å². The van der Waals surface area contributed by atoms with Crippen LogP contribution in [0.5, 0.6) is 5.75 Å². The van der Waals surface area contributed by atoms with Crippen molar-refractivity contribution >= 4 is 32.6 Å². The van der Waals surface area contributed by atoms with Gasteiger partial charge >= 0.3 is 6.18 Å². The van der Waals surface area contributed by atoms with Gasteiger partial charge in [-0.1, -0.05) is 17.4 Å². The van der Waals surface area contributed by atoms with E-state index in [0.717, 1.165) is 17.4 Å². The third-order valence-corrected chi connectivity index (χ3v) is 4.31. The minimum absolute atomic E-state index is 0.116. The van der Waals surface area contributed by atoms with Crippen LogP contribution in [0, 0.1) is 0 Å². The Labute approximate surface area is 145 Å². The molecule has 0 saturated carbocycles. The quantitative estimate of drug-likeness (QED) is 0.710. The molecule has 0 spiro atoms. The minimum Gasteiger partial charge on any atom is -0.494 e. The van der Waals surface area contributed by atoms with Crippen molar-refractivity contribution in [3.8, 4) is 5.75 Å². The monoisotopic (exact) mass is 366 g/mol. The zero-order chi connectivity index (χ0) is 18.0. The molecule has 0 unspecified atom stereocenters. The van der Waals surface area contributed by atoms with E-state index in [1.54, 1.807) is 24.3 Å². The number of amides is 1. The lowest BCUT2D eigenvalue weighted by Gasteiger charge is -2.06. The Morgan fingerprint density at radius 2 is 1.92 bits per heavy atom. The third-order valence-electron chi connectivity index (χ3n) is 3.37. The van der Waals surface area contributed by atoms with Crippen LogP contribution in [0.3, 0.4) is 0 Å². The predicted molar refractivity (Wildman–Crippen MR) is 90.2 cm³/mol. The molecule has 130 valence electrons. The van der Waals surface area contributed by atoms with Crippen molar-refractivity contribution < 1.29 is 22.7 Å². The summed E-state index contributed by atoms with van der Waals surface area (Å²) in [6.45, 7) is 2.36. The van der Waals surface area contributed by atoms with Crippen molar-refractivity contribution in [1.29, 1.82) is 0 Å². The molecule has 0 fully saturated rings. The molecule has 1 aromatic heterocycles. The molecular weight excluding hydrogens is 353 g/mol. The Hall–Kier alpha value is -2.61. The number of rotatable bonds is 4. The highest BCUT2D eigenvalue weighted by Crippen LogP contribution is 2.37. The third kappa shape index (κ3) is 3.74. The molecule has 0 saturated heterocycles. The van der Waals surface area contributed by atoms with Crippen LogP contribution < -0.4 is 10.1 Å². The number of hydrogen-bond acceptors (Lipinski definition) is 4. The molecule has 4 nitrogen and oxygen atoms in total. The first-order valence-corrected chi connectivity index (χ1v) is 8.21. The van der Waals surface area contributed by atoms with Crippen LogP contribution in [0.25, 0.3) is 10.2 Å². The lowest BCUT2D eigenvalue weighted by molar-refractivity contribution is -0.136. The highest BCUT2D eigenvalue weighted by Gasteiger charge is 2.33. The molecule has 1 amide bonds. The summed E-state index contributed by atoms with van der Waals surface area (Å²) in [6.07, 6.45) is -4.50. The molecule has 1 heterocycles. The Morgan fingerprint density at radius 3 is 2.56 bits per heavy atom. The molecule has 0 aliphatic heterocycles. The first kappa shape index (κ1) is 17.2. The van der Waals surface area contributed by atoms with Gasteiger partial charge in [-0.3, -0.25) is 10.1 Å². The topological polar surface area (TPSA) is 51.2 Å². The maximum Gasteiger partial charge on any atom is 0.418 e. The molecule has 25 heavy (non-hydrogen) atoms. The summed E-state index contributed by atoms with van der Waals surface area (Å²) >= 11 is 0.994. The lowest BCUT2D eigenvalue weighted by Crippen LogP contribution is -2.11. The molecule has 0 aliphatic carbocycles.